The summed E-state index contributed by atoms with van der Waals surface area (Å²) in [7, 11) is 0. The maximum absolute atomic E-state index is 13.8. The number of rotatable bonds is 3. The summed E-state index contributed by atoms with van der Waals surface area (Å²) in [6.45, 7) is 0.193. The van der Waals surface area contributed by atoms with Gasteiger partial charge in [-0.2, -0.15) is 0 Å². The highest BCUT2D eigenvalue weighted by atomic mass is 19.1. The fourth-order valence-electron chi connectivity index (χ4n) is 2.55. The van der Waals surface area contributed by atoms with Gasteiger partial charge in [-0.3, -0.25) is 9.59 Å². The van der Waals surface area contributed by atoms with Gasteiger partial charge in [-0.1, -0.05) is 30.3 Å². The Hall–Kier alpha value is -2.69. The summed E-state index contributed by atoms with van der Waals surface area (Å²) in [5, 5.41) is 2.78. The molecule has 0 bridgehead atoms. The Morgan fingerprint density at radius 2 is 1.77 bits per heavy atom. The minimum absolute atomic E-state index is 0.0903. The van der Waals surface area contributed by atoms with Crippen molar-refractivity contribution >= 4 is 23.2 Å². The highest BCUT2D eigenvalue weighted by Gasteiger charge is 2.36. The molecule has 1 unspecified atom stereocenters. The zero-order chi connectivity index (χ0) is 15.5. The van der Waals surface area contributed by atoms with Crippen molar-refractivity contribution in [1.82, 2.24) is 0 Å². The lowest BCUT2D eigenvalue weighted by atomic mass is 10.1. The second-order valence-electron chi connectivity index (χ2n) is 5.21. The second kappa shape index (κ2) is 5.97. The molecule has 5 heteroatoms. The summed E-state index contributed by atoms with van der Waals surface area (Å²) < 4.78 is 13.8. The lowest BCUT2D eigenvalue weighted by Gasteiger charge is -2.17. The van der Waals surface area contributed by atoms with Gasteiger partial charge < -0.3 is 10.2 Å². The third kappa shape index (κ3) is 2.83. The van der Waals surface area contributed by atoms with Crippen LogP contribution in [0.15, 0.2) is 54.6 Å². The van der Waals surface area contributed by atoms with E-state index >= 15 is 0 Å². The number of amides is 2. The molecule has 1 N–H and O–H groups in total. The molecule has 2 amide bonds. The summed E-state index contributed by atoms with van der Waals surface area (Å²) >= 11 is 0. The third-order valence-electron chi connectivity index (χ3n) is 3.68. The molecule has 1 atom stereocenters. The quantitative estimate of drug-likeness (QED) is 0.947. The van der Waals surface area contributed by atoms with Gasteiger partial charge in [0.25, 0.3) is 0 Å². The lowest BCUT2D eigenvalue weighted by Crippen LogP contribution is -2.28. The van der Waals surface area contributed by atoms with E-state index in [9.17, 15) is 14.0 Å². The van der Waals surface area contributed by atoms with Gasteiger partial charge in [-0.05, 0) is 24.3 Å². The van der Waals surface area contributed by atoms with Gasteiger partial charge in [0, 0.05) is 18.7 Å². The van der Waals surface area contributed by atoms with Crippen molar-refractivity contribution < 1.29 is 14.0 Å². The van der Waals surface area contributed by atoms with Gasteiger partial charge in [0.05, 0.1) is 11.6 Å². The van der Waals surface area contributed by atoms with Crippen LogP contribution < -0.4 is 10.2 Å². The lowest BCUT2D eigenvalue weighted by molar-refractivity contribution is -0.122. The van der Waals surface area contributed by atoms with Crippen LogP contribution in [-0.2, 0) is 9.59 Å². The van der Waals surface area contributed by atoms with Crippen molar-refractivity contribution in [2.75, 3.05) is 16.8 Å². The molecule has 0 radical (unpaired) electrons. The summed E-state index contributed by atoms with van der Waals surface area (Å²) in [5.74, 6) is -1.40. The predicted octanol–water partition coefficient (Wildman–Crippen LogP) is 2.82. The normalized spacial score (nSPS) is 17.6. The summed E-state index contributed by atoms with van der Waals surface area (Å²) in [6, 6.07) is 15.1. The number of carbonyl (C=O) groups is 2. The Balaban J connectivity index is 1.72. The van der Waals surface area contributed by atoms with Crippen LogP contribution in [0.3, 0.4) is 0 Å². The number of hydrogen-bond donors (Lipinski definition) is 1. The van der Waals surface area contributed by atoms with E-state index in [1.165, 1.54) is 11.0 Å². The molecule has 0 saturated carbocycles. The molecule has 1 fully saturated rings. The van der Waals surface area contributed by atoms with Crippen LogP contribution in [0.5, 0.6) is 0 Å². The number of nitrogens with one attached hydrogen (secondary N) is 1. The van der Waals surface area contributed by atoms with Gasteiger partial charge in [0.2, 0.25) is 11.8 Å². The van der Waals surface area contributed by atoms with E-state index in [2.05, 4.69) is 5.32 Å². The Morgan fingerprint density at radius 3 is 2.50 bits per heavy atom. The average Bonchev–Trinajstić information content (AvgIpc) is 2.91. The number of para-hydroxylation sites is 2. The van der Waals surface area contributed by atoms with Crippen LogP contribution in [0.2, 0.25) is 0 Å². The van der Waals surface area contributed by atoms with Crippen molar-refractivity contribution in [1.29, 1.82) is 0 Å². The largest absolute Gasteiger partial charge is 0.326 e. The fraction of sp³-hybridized carbons (Fsp3) is 0.176. The van der Waals surface area contributed by atoms with Crippen LogP contribution in [0.25, 0.3) is 0 Å². The van der Waals surface area contributed by atoms with Crippen molar-refractivity contribution in [3.63, 3.8) is 0 Å². The summed E-state index contributed by atoms with van der Waals surface area (Å²) in [6.07, 6.45) is 0.0903. The Morgan fingerprint density at radius 1 is 1.09 bits per heavy atom. The molecule has 2 aromatic carbocycles. The minimum Gasteiger partial charge on any atom is -0.326 e. The molecule has 22 heavy (non-hydrogen) atoms. The average molecular weight is 298 g/mol. The highest BCUT2D eigenvalue weighted by Crippen LogP contribution is 2.27. The maximum atomic E-state index is 13.8. The van der Waals surface area contributed by atoms with Gasteiger partial charge >= 0.3 is 0 Å². The molecular weight excluding hydrogens is 283 g/mol. The van der Waals surface area contributed by atoms with Crippen molar-refractivity contribution in [3.8, 4) is 0 Å². The first-order valence-electron chi connectivity index (χ1n) is 7.06. The first kappa shape index (κ1) is 14.3. The number of carbonyl (C=O) groups excluding carboxylic acids is 2. The summed E-state index contributed by atoms with van der Waals surface area (Å²) in [4.78, 5) is 25.6. The molecule has 0 aromatic heterocycles. The van der Waals surface area contributed by atoms with Gasteiger partial charge in [0.1, 0.15) is 5.82 Å². The SMILES string of the molecule is O=C(Nc1ccccc1)C1CC(=O)N(c2ccccc2F)C1. The fourth-order valence-corrected chi connectivity index (χ4v) is 2.55. The topological polar surface area (TPSA) is 49.4 Å². The zero-order valence-electron chi connectivity index (χ0n) is 11.8. The Bertz CT molecular complexity index is 703. The molecule has 1 aliphatic rings. The first-order chi connectivity index (χ1) is 10.6. The Kier molecular flexibility index (Phi) is 3.87. The van der Waals surface area contributed by atoms with Crippen LogP contribution >= 0.6 is 0 Å². The molecule has 1 aliphatic heterocycles. The third-order valence-corrected chi connectivity index (χ3v) is 3.68. The molecule has 1 heterocycles. The van der Waals surface area contributed by atoms with Crippen LogP contribution in [0.1, 0.15) is 6.42 Å². The van der Waals surface area contributed by atoms with E-state index in [-0.39, 0.29) is 30.5 Å². The van der Waals surface area contributed by atoms with Gasteiger partial charge in [0.15, 0.2) is 0 Å². The van der Waals surface area contributed by atoms with Crippen molar-refractivity contribution in [3.05, 3.63) is 60.4 Å². The van der Waals surface area contributed by atoms with Crippen molar-refractivity contribution in [2.24, 2.45) is 5.92 Å². The number of nitrogens with zero attached hydrogens (tertiary/aromatic N) is 1. The second-order valence-corrected chi connectivity index (χ2v) is 5.21. The van der Waals surface area contributed by atoms with E-state index in [4.69, 9.17) is 0 Å². The van der Waals surface area contributed by atoms with Crippen molar-refractivity contribution in [2.45, 2.75) is 6.42 Å². The van der Waals surface area contributed by atoms with Crippen LogP contribution in [0, 0.1) is 11.7 Å². The highest BCUT2D eigenvalue weighted by molar-refractivity contribution is 6.03. The molecule has 0 spiro atoms. The molecule has 3 rings (SSSR count). The smallest absolute Gasteiger partial charge is 0.229 e. The number of anilines is 2. The molecule has 112 valence electrons. The molecule has 4 nitrogen and oxygen atoms in total. The molecule has 0 aliphatic carbocycles. The van der Waals surface area contributed by atoms with Gasteiger partial charge in [-0.25, -0.2) is 4.39 Å². The monoisotopic (exact) mass is 298 g/mol. The molecular formula is C17H15FN2O2. The number of halogens is 1. The first-order valence-corrected chi connectivity index (χ1v) is 7.06. The van der Waals surface area contributed by atoms with Crippen LogP contribution in [0.4, 0.5) is 15.8 Å². The minimum atomic E-state index is -0.479. The van der Waals surface area contributed by atoms with E-state index in [0.29, 0.717) is 5.69 Å². The van der Waals surface area contributed by atoms with E-state index in [0.717, 1.165) is 0 Å². The summed E-state index contributed by atoms with van der Waals surface area (Å²) in [5.41, 5.74) is 0.909. The molecule has 2 aromatic rings. The van der Waals surface area contributed by atoms with E-state index in [1.54, 1.807) is 30.3 Å². The standard InChI is InChI=1S/C17H15FN2O2/c18-14-8-4-5-9-15(14)20-11-12(10-16(20)21)17(22)19-13-6-2-1-3-7-13/h1-9,12H,10-11H2,(H,19,22). The maximum Gasteiger partial charge on any atom is 0.229 e. The number of benzene rings is 2. The Labute approximate surface area is 127 Å². The zero-order valence-corrected chi connectivity index (χ0v) is 11.8. The van der Waals surface area contributed by atoms with Gasteiger partial charge in [-0.15, -0.1) is 0 Å². The van der Waals surface area contributed by atoms with E-state index < -0.39 is 11.7 Å². The van der Waals surface area contributed by atoms with Crippen LogP contribution in [-0.4, -0.2) is 18.4 Å². The number of hydrogen-bond acceptors (Lipinski definition) is 2. The predicted molar refractivity (Wildman–Crippen MR) is 81.9 cm³/mol. The molecule has 1 saturated heterocycles. The van der Waals surface area contributed by atoms with E-state index in [1.807, 2.05) is 18.2 Å².